The molecule has 0 spiro atoms. The first-order valence-electron chi connectivity index (χ1n) is 6.99. The van der Waals surface area contributed by atoms with Crippen molar-refractivity contribution in [1.29, 1.82) is 0 Å². The fourth-order valence-electron chi connectivity index (χ4n) is 2.64. The van der Waals surface area contributed by atoms with Crippen molar-refractivity contribution >= 4 is 5.78 Å². The second-order valence-electron chi connectivity index (χ2n) is 5.31. The Labute approximate surface area is 110 Å². The van der Waals surface area contributed by atoms with Crippen molar-refractivity contribution in [3.8, 4) is 0 Å². The van der Waals surface area contributed by atoms with Gasteiger partial charge in [0.1, 0.15) is 5.78 Å². The maximum Gasteiger partial charge on any atom is 0.132 e. The molecular formula is C17H22O. The number of rotatable bonds is 1. The van der Waals surface area contributed by atoms with Crippen molar-refractivity contribution in [3.05, 3.63) is 47.5 Å². The molecule has 0 aliphatic heterocycles. The van der Waals surface area contributed by atoms with E-state index in [1.54, 1.807) is 0 Å². The van der Waals surface area contributed by atoms with E-state index in [4.69, 9.17) is 0 Å². The second-order valence-corrected chi connectivity index (χ2v) is 5.31. The Balaban J connectivity index is 2.18. The summed E-state index contributed by atoms with van der Waals surface area (Å²) in [7, 11) is 0. The summed E-state index contributed by atoms with van der Waals surface area (Å²) in [6.07, 6.45) is 8.17. The van der Waals surface area contributed by atoms with Crippen LogP contribution in [-0.4, -0.2) is 5.78 Å². The molecule has 0 saturated carbocycles. The van der Waals surface area contributed by atoms with E-state index in [0.717, 1.165) is 38.5 Å². The summed E-state index contributed by atoms with van der Waals surface area (Å²) in [4.78, 5) is 11.7. The highest BCUT2D eigenvalue weighted by Crippen LogP contribution is 2.27. The summed E-state index contributed by atoms with van der Waals surface area (Å²) in [6, 6.07) is 10.6. The van der Waals surface area contributed by atoms with Gasteiger partial charge in [0, 0.05) is 18.8 Å². The number of carbonyl (C=O) groups excluding carboxylic acids is 1. The van der Waals surface area contributed by atoms with Crippen molar-refractivity contribution in [2.75, 3.05) is 0 Å². The van der Waals surface area contributed by atoms with Crippen LogP contribution in [0.25, 0.3) is 0 Å². The van der Waals surface area contributed by atoms with E-state index in [0.29, 0.717) is 11.7 Å². The molecule has 1 nitrogen and oxygen atoms in total. The van der Waals surface area contributed by atoms with Crippen molar-refractivity contribution in [2.45, 2.75) is 51.4 Å². The Kier molecular flexibility index (Phi) is 4.74. The Morgan fingerprint density at radius 2 is 1.72 bits per heavy atom. The van der Waals surface area contributed by atoms with Crippen LogP contribution in [0.3, 0.4) is 0 Å². The Hall–Kier alpha value is -1.37. The molecule has 0 heterocycles. The SMILES string of the molecule is C/C1=C/C(c2ccccc2)CCC(=O)CCCC1. The molecule has 96 valence electrons. The highest BCUT2D eigenvalue weighted by Gasteiger charge is 2.13. The van der Waals surface area contributed by atoms with Crippen LogP contribution in [0, 0.1) is 0 Å². The molecule has 1 heteroatoms. The molecule has 2 rings (SSSR count). The van der Waals surface area contributed by atoms with E-state index in [-0.39, 0.29) is 0 Å². The minimum Gasteiger partial charge on any atom is -0.300 e. The van der Waals surface area contributed by atoms with Gasteiger partial charge in [0.05, 0.1) is 0 Å². The molecule has 1 aliphatic rings. The van der Waals surface area contributed by atoms with Crippen LogP contribution in [0.1, 0.15) is 56.9 Å². The summed E-state index contributed by atoms with van der Waals surface area (Å²) in [5, 5.41) is 0. The maximum atomic E-state index is 11.7. The number of ketones is 1. The molecule has 0 amide bonds. The van der Waals surface area contributed by atoms with Crippen LogP contribution in [0.15, 0.2) is 42.0 Å². The van der Waals surface area contributed by atoms with E-state index < -0.39 is 0 Å². The summed E-state index contributed by atoms with van der Waals surface area (Å²) in [6.45, 7) is 2.22. The van der Waals surface area contributed by atoms with Gasteiger partial charge >= 0.3 is 0 Å². The Morgan fingerprint density at radius 1 is 1.00 bits per heavy atom. The number of hydrogen-bond acceptors (Lipinski definition) is 1. The van der Waals surface area contributed by atoms with Gasteiger partial charge in [-0.25, -0.2) is 0 Å². The molecule has 1 aliphatic carbocycles. The van der Waals surface area contributed by atoms with Gasteiger partial charge in [0.15, 0.2) is 0 Å². The molecule has 0 radical (unpaired) electrons. The predicted octanol–water partition coefficient (Wildman–Crippen LogP) is 4.64. The smallest absolute Gasteiger partial charge is 0.132 e. The topological polar surface area (TPSA) is 17.1 Å². The van der Waals surface area contributed by atoms with Crippen molar-refractivity contribution in [1.82, 2.24) is 0 Å². The summed E-state index contributed by atoms with van der Waals surface area (Å²) in [5.74, 6) is 0.845. The summed E-state index contributed by atoms with van der Waals surface area (Å²) < 4.78 is 0. The third-order valence-electron chi connectivity index (χ3n) is 3.72. The van der Waals surface area contributed by atoms with Gasteiger partial charge in [-0.1, -0.05) is 42.0 Å². The second kappa shape index (κ2) is 6.53. The van der Waals surface area contributed by atoms with Crippen molar-refractivity contribution in [3.63, 3.8) is 0 Å². The zero-order valence-corrected chi connectivity index (χ0v) is 11.2. The number of benzene rings is 1. The van der Waals surface area contributed by atoms with E-state index in [1.807, 2.05) is 6.07 Å². The highest BCUT2D eigenvalue weighted by molar-refractivity contribution is 5.78. The van der Waals surface area contributed by atoms with E-state index >= 15 is 0 Å². The Bertz CT molecular complexity index is 416. The zero-order chi connectivity index (χ0) is 12.8. The summed E-state index contributed by atoms with van der Waals surface area (Å²) >= 11 is 0. The predicted molar refractivity (Wildman–Crippen MR) is 75.6 cm³/mol. The average Bonchev–Trinajstić information content (AvgIpc) is 2.40. The van der Waals surface area contributed by atoms with Crippen LogP contribution >= 0.6 is 0 Å². The zero-order valence-electron chi connectivity index (χ0n) is 11.2. The molecule has 0 fully saturated rings. The largest absolute Gasteiger partial charge is 0.300 e. The normalized spacial score (nSPS) is 25.3. The lowest BCUT2D eigenvalue weighted by molar-refractivity contribution is -0.119. The van der Waals surface area contributed by atoms with E-state index in [9.17, 15) is 4.79 Å². The maximum absolute atomic E-state index is 11.7. The van der Waals surface area contributed by atoms with Gasteiger partial charge in [0.25, 0.3) is 0 Å². The Morgan fingerprint density at radius 3 is 2.50 bits per heavy atom. The first-order valence-corrected chi connectivity index (χ1v) is 6.99. The fourth-order valence-corrected chi connectivity index (χ4v) is 2.64. The van der Waals surface area contributed by atoms with Gasteiger partial charge in [-0.05, 0) is 38.2 Å². The average molecular weight is 242 g/mol. The molecule has 1 aromatic rings. The number of carbonyl (C=O) groups is 1. The molecule has 1 atom stereocenters. The quantitative estimate of drug-likeness (QED) is 0.656. The van der Waals surface area contributed by atoms with Crippen LogP contribution in [0.2, 0.25) is 0 Å². The number of Topliss-reactive ketones (excluding diaryl/α,β-unsaturated/α-hetero) is 1. The van der Waals surface area contributed by atoms with Gasteiger partial charge in [-0.2, -0.15) is 0 Å². The first-order chi connectivity index (χ1) is 8.75. The van der Waals surface area contributed by atoms with Crippen LogP contribution in [0.4, 0.5) is 0 Å². The lowest BCUT2D eigenvalue weighted by Crippen LogP contribution is -2.05. The molecule has 0 saturated heterocycles. The van der Waals surface area contributed by atoms with Crippen LogP contribution in [-0.2, 0) is 4.79 Å². The minimum atomic E-state index is 0.410. The van der Waals surface area contributed by atoms with Gasteiger partial charge < -0.3 is 0 Å². The number of allylic oxidation sites excluding steroid dienone is 2. The molecule has 0 aromatic heterocycles. The summed E-state index contributed by atoms with van der Waals surface area (Å²) in [5.41, 5.74) is 2.81. The fraction of sp³-hybridized carbons (Fsp3) is 0.471. The monoisotopic (exact) mass is 242 g/mol. The molecule has 1 aromatic carbocycles. The van der Waals surface area contributed by atoms with Gasteiger partial charge in [-0.15, -0.1) is 0 Å². The molecule has 0 N–H and O–H groups in total. The van der Waals surface area contributed by atoms with Crippen molar-refractivity contribution in [2.24, 2.45) is 0 Å². The lowest BCUT2D eigenvalue weighted by Gasteiger charge is -2.16. The van der Waals surface area contributed by atoms with E-state index in [2.05, 4.69) is 37.3 Å². The third kappa shape index (κ3) is 3.83. The molecule has 18 heavy (non-hydrogen) atoms. The molecule has 0 bridgehead atoms. The van der Waals surface area contributed by atoms with Crippen LogP contribution < -0.4 is 0 Å². The van der Waals surface area contributed by atoms with E-state index in [1.165, 1.54) is 11.1 Å². The standard InChI is InChI=1S/C17H22O/c1-14-7-5-6-10-17(18)12-11-16(13-14)15-8-3-2-4-9-15/h2-4,8-9,13,16H,5-7,10-12H2,1H3/b14-13-. The molecule has 1 unspecified atom stereocenters. The van der Waals surface area contributed by atoms with Gasteiger partial charge in [0.2, 0.25) is 0 Å². The minimum absolute atomic E-state index is 0.410. The van der Waals surface area contributed by atoms with Gasteiger partial charge in [-0.3, -0.25) is 4.79 Å². The molecular weight excluding hydrogens is 220 g/mol. The first kappa shape index (κ1) is 13.1. The lowest BCUT2D eigenvalue weighted by atomic mass is 9.88. The van der Waals surface area contributed by atoms with Crippen molar-refractivity contribution < 1.29 is 4.79 Å². The third-order valence-corrected chi connectivity index (χ3v) is 3.72. The highest BCUT2D eigenvalue weighted by atomic mass is 16.1. The van der Waals surface area contributed by atoms with Crippen LogP contribution in [0.5, 0.6) is 0 Å². The number of hydrogen-bond donors (Lipinski definition) is 0.